The van der Waals surface area contributed by atoms with Crippen molar-refractivity contribution in [1.29, 1.82) is 0 Å². The maximum absolute atomic E-state index is 12.0. The standard InChI is InChI=1S/C20H19N3O/c1-16-6-5-9-19(12-16)22-20(24)11-10-18-13-21-23(15-18)14-17-7-3-2-4-8-17/h2-13,15H,14H2,1H3,(H,22,24)/b11-10+. The zero-order chi connectivity index (χ0) is 16.8. The highest BCUT2D eigenvalue weighted by Crippen LogP contribution is 2.10. The molecule has 1 aromatic heterocycles. The van der Waals surface area contributed by atoms with E-state index in [0.717, 1.165) is 16.8 Å². The van der Waals surface area contributed by atoms with E-state index in [2.05, 4.69) is 22.5 Å². The lowest BCUT2D eigenvalue weighted by Crippen LogP contribution is -2.07. The van der Waals surface area contributed by atoms with Gasteiger partial charge in [-0.2, -0.15) is 5.10 Å². The van der Waals surface area contributed by atoms with E-state index in [-0.39, 0.29) is 5.91 Å². The van der Waals surface area contributed by atoms with Gasteiger partial charge in [0, 0.05) is 23.5 Å². The van der Waals surface area contributed by atoms with Gasteiger partial charge in [-0.15, -0.1) is 0 Å². The molecule has 0 aliphatic rings. The summed E-state index contributed by atoms with van der Waals surface area (Å²) in [5, 5.41) is 7.17. The molecule has 0 bridgehead atoms. The summed E-state index contributed by atoms with van der Waals surface area (Å²) in [5.41, 5.74) is 3.99. The lowest BCUT2D eigenvalue weighted by Gasteiger charge is -2.02. The molecule has 4 nitrogen and oxygen atoms in total. The number of aromatic nitrogens is 2. The van der Waals surface area contributed by atoms with Crippen molar-refractivity contribution in [3.8, 4) is 0 Å². The van der Waals surface area contributed by atoms with Crippen LogP contribution >= 0.6 is 0 Å². The van der Waals surface area contributed by atoms with E-state index in [0.29, 0.717) is 6.54 Å². The molecule has 0 radical (unpaired) electrons. The van der Waals surface area contributed by atoms with Crippen LogP contribution in [0.1, 0.15) is 16.7 Å². The molecule has 1 heterocycles. The van der Waals surface area contributed by atoms with Crippen LogP contribution in [0.3, 0.4) is 0 Å². The maximum Gasteiger partial charge on any atom is 0.248 e. The van der Waals surface area contributed by atoms with Crippen LogP contribution in [-0.2, 0) is 11.3 Å². The predicted molar refractivity (Wildman–Crippen MR) is 96.6 cm³/mol. The van der Waals surface area contributed by atoms with Crippen LogP contribution in [0.2, 0.25) is 0 Å². The smallest absolute Gasteiger partial charge is 0.248 e. The highest BCUT2D eigenvalue weighted by atomic mass is 16.1. The molecule has 1 amide bonds. The van der Waals surface area contributed by atoms with Crippen LogP contribution in [0.25, 0.3) is 6.08 Å². The molecule has 0 aliphatic heterocycles. The molecule has 0 saturated carbocycles. The molecule has 4 heteroatoms. The lowest BCUT2D eigenvalue weighted by molar-refractivity contribution is -0.111. The second kappa shape index (κ2) is 7.42. The van der Waals surface area contributed by atoms with Crippen molar-refractivity contribution in [1.82, 2.24) is 9.78 Å². The van der Waals surface area contributed by atoms with Crippen LogP contribution in [0.4, 0.5) is 5.69 Å². The Morgan fingerprint density at radius 1 is 1.17 bits per heavy atom. The van der Waals surface area contributed by atoms with Gasteiger partial charge >= 0.3 is 0 Å². The Kier molecular flexibility index (Phi) is 4.87. The number of rotatable bonds is 5. The van der Waals surface area contributed by atoms with Gasteiger partial charge in [-0.25, -0.2) is 0 Å². The zero-order valence-corrected chi connectivity index (χ0v) is 13.5. The first-order valence-electron chi connectivity index (χ1n) is 7.81. The molecule has 24 heavy (non-hydrogen) atoms. The molecule has 3 aromatic rings. The summed E-state index contributed by atoms with van der Waals surface area (Å²) in [4.78, 5) is 12.0. The van der Waals surface area contributed by atoms with Crippen molar-refractivity contribution in [3.63, 3.8) is 0 Å². The third-order valence-electron chi connectivity index (χ3n) is 3.55. The molecule has 0 spiro atoms. The Hall–Kier alpha value is -3.14. The van der Waals surface area contributed by atoms with E-state index in [1.807, 2.05) is 60.3 Å². The molecule has 0 unspecified atom stereocenters. The van der Waals surface area contributed by atoms with Crippen LogP contribution in [0.5, 0.6) is 0 Å². The summed E-state index contributed by atoms with van der Waals surface area (Å²) in [6.45, 7) is 2.71. The summed E-state index contributed by atoms with van der Waals surface area (Å²) in [6.07, 6.45) is 6.95. The summed E-state index contributed by atoms with van der Waals surface area (Å²) in [6, 6.07) is 17.9. The monoisotopic (exact) mass is 317 g/mol. The normalized spacial score (nSPS) is 10.9. The second-order valence-electron chi connectivity index (χ2n) is 5.65. The van der Waals surface area contributed by atoms with E-state index in [1.165, 1.54) is 11.6 Å². The molecule has 3 rings (SSSR count). The number of hydrogen-bond acceptors (Lipinski definition) is 2. The number of hydrogen-bond donors (Lipinski definition) is 1. The molecule has 0 saturated heterocycles. The topological polar surface area (TPSA) is 46.9 Å². The van der Waals surface area contributed by atoms with E-state index in [1.54, 1.807) is 12.3 Å². The number of nitrogens with one attached hydrogen (secondary N) is 1. The Labute approximate surface area is 141 Å². The fraction of sp³-hybridized carbons (Fsp3) is 0.100. The Balaban J connectivity index is 1.59. The Morgan fingerprint density at radius 3 is 2.79 bits per heavy atom. The quantitative estimate of drug-likeness (QED) is 0.726. The van der Waals surface area contributed by atoms with Gasteiger partial charge in [-0.3, -0.25) is 9.48 Å². The fourth-order valence-corrected chi connectivity index (χ4v) is 2.40. The molecular weight excluding hydrogens is 298 g/mol. The Bertz CT molecular complexity index is 850. The number of carbonyl (C=O) groups excluding carboxylic acids is 1. The summed E-state index contributed by atoms with van der Waals surface area (Å²) < 4.78 is 1.85. The number of nitrogens with zero attached hydrogens (tertiary/aromatic N) is 2. The molecule has 0 fully saturated rings. The number of amides is 1. The molecule has 120 valence electrons. The molecule has 1 N–H and O–H groups in total. The molecule has 2 aromatic carbocycles. The third kappa shape index (κ3) is 4.43. The van der Waals surface area contributed by atoms with Gasteiger partial charge in [-0.1, -0.05) is 42.5 Å². The average molecular weight is 317 g/mol. The van der Waals surface area contributed by atoms with Gasteiger partial charge in [0.1, 0.15) is 0 Å². The second-order valence-corrected chi connectivity index (χ2v) is 5.65. The van der Waals surface area contributed by atoms with Crippen molar-refractivity contribution in [2.24, 2.45) is 0 Å². The van der Waals surface area contributed by atoms with Gasteiger partial charge < -0.3 is 5.32 Å². The lowest BCUT2D eigenvalue weighted by atomic mass is 10.2. The first kappa shape index (κ1) is 15.7. The van der Waals surface area contributed by atoms with E-state index in [9.17, 15) is 4.79 Å². The van der Waals surface area contributed by atoms with Gasteiger partial charge in [-0.05, 0) is 36.3 Å². The number of aryl methyl sites for hydroxylation is 1. The van der Waals surface area contributed by atoms with Crippen LogP contribution in [0.15, 0.2) is 73.1 Å². The van der Waals surface area contributed by atoms with E-state index in [4.69, 9.17) is 0 Å². The van der Waals surface area contributed by atoms with Crippen LogP contribution in [-0.4, -0.2) is 15.7 Å². The Morgan fingerprint density at radius 2 is 2.00 bits per heavy atom. The zero-order valence-electron chi connectivity index (χ0n) is 13.5. The first-order chi connectivity index (χ1) is 11.7. The number of anilines is 1. The highest BCUT2D eigenvalue weighted by Gasteiger charge is 2.00. The van der Waals surface area contributed by atoms with Crippen LogP contribution in [0, 0.1) is 6.92 Å². The third-order valence-corrected chi connectivity index (χ3v) is 3.55. The first-order valence-corrected chi connectivity index (χ1v) is 7.81. The minimum Gasteiger partial charge on any atom is -0.323 e. The largest absolute Gasteiger partial charge is 0.323 e. The van der Waals surface area contributed by atoms with Gasteiger partial charge in [0.15, 0.2) is 0 Å². The number of benzene rings is 2. The maximum atomic E-state index is 12.0. The fourth-order valence-electron chi connectivity index (χ4n) is 2.40. The van der Waals surface area contributed by atoms with E-state index >= 15 is 0 Å². The van der Waals surface area contributed by atoms with E-state index < -0.39 is 0 Å². The molecule has 0 aliphatic carbocycles. The minimum atomic E-state index is -0.156. The molecule has 0 atom stereocenters. The highest BCUT2D eigenvalue weighted by molar-refractivity contribution is 6.01. The average Bonchev–Trinajstić information content (AvgIpc) is 3.01. The van der Waals surface area contributed by atoms with Crippen molar-refractivity contribution in [2.75, 3.05) is 5.32 Å². The van der Waals surface area contributed by atoms with Crippen LogP contribution < -0.4 is 5.32 Å². The summed E-state index contributed by atoms with van der Waals surface area (Å²) in [7, 11) is 0. The van der Waals surface area contributed by atoms with Gasteiger partial charge in [0.2, 0.25) is 5.91 Å². The number of carbonyl (C=O) groups is 1. The van der Waals surface area contributed by atoms with Crippen molar-refractivity contribution in [2.45, 2.75) is 13.5 Å². The van der Waals surface area contributed by atoms with Crippen molar-refractivity contribution >= 4 is 17.7 Å². The predicted octanol–water partition coefficient (Wildman–Crippen LogP) is 3.89. The minimum absolute atomic E-state index is 0.156. The van der Waals surface area contributed by atoms with Crippen molar-refractivity contribution < 1.29 is 4.79 Å². The summed E-state index contributed by atoms with van der Waals surface area (Å²) >= 11 is 0. The summed E-state index contributed by atoms with van der Waals surface area (Å²) in [5.74, 6) is -0.156. The van der Waals surface area contributed by atoms with Crippen molar-refractivity contribution in [3.05, 3.63) is 89.8 Å². The van der Waals surface area contributed by atoms with Gasteiger partial charge in [0.05, 0.1) is 12.7 Å². The SMILES string of the molecule is Cc1cccc(NC(=O)/C=C/c2cnn(Cc3ccccc3)c2)c1. The molecular formula is C20H19N3O. The van der Waals surface area contributed by atoms with Gasteiger partial charge in [0.25, 0.3) is 0 Å².